The maximum Gasteiger partial charge on any atom is 0.133 e. The number of hydrogen-bond donors (Lipinski definition) is 1. The minimum Gasteiger partial charge on any atom is -0.371 e. The molecule has 78 valence electrons. The largest absolute Gasteiger partial charge is 0.371 e. The zero-order chi connectivity index (χ0) is 9.23. The molecule has 0 heterocycles. The molecule has 0 amide bonds. The zero-order valence-corrected chi connectivity index (χ0v) is 11.4. The maximum absolute atomic E-state index is 5.13. The summed E-state index contributed by atoms with van der Waals surface area (Å²) in [5.74, 6) is 1.16. The Morgan fingerprint density at radius 2 is 1.85 bits per heavy atom. The molecule has 0 radical (unpaired) electrons. The van der Waals surface area contributed by atoms with Crippen molar-refractivity contribution in [3.05, 3.63) is 0 Å². The van der Waals surface area contributed by atoms with Crippen molar-refractivity contribution in [1.82, 2.24) is 5.32 Å². The van der Waals surface area contributed by atoms with E-state index in [1.54, 1.807) is 11.8 Å². The molecule has 0 aromatic rings. The molecule has 0 atom stereocenters. The van der Waals surface area contributed by atoms with Crippen molar-refractivity contribution in [2.75, 3.05) is 12.3 Å². The second kappa shape index (κ2) is 12.8. The van der Waals surface area contributed by atoms with Crippen LogP contribution in [0.3, 0.4) is 0 Å². The molecule has 0 aliphatic carbocycles. The van der Waals surface area contributed by atoms with E-state index >= 15 is 0 Å². The molecule has 0 spiro atoms. The molecule has 4 heteroatoms. The normalized spacial score (nSPS) is 9.08. The quantitative estimate of drug-likeness (QED) is 0.580. The molecule has 1 N–H and O–H groups in total. The molecule has 0 unspecified atom stereocenters. The average Bonchev–Trinajstić information content (AvgIpc) is 2.06. The first-order chi connectivity index (χ1) is 5.81. The summed E-state index contributed by atoms with van der Waals surface area (Å²) >= 11 is 6.90. The smallest absolute Gasteiger partial charge is 0.133 e. The summed E-state index contributed by atoms with van der Waals surface area (Å²) in [4.78, 5) is 0. The van der Waals surface area contributed by atoms with Crippen LogP contribution in [-0.2, 0) is 17.4 Å². The third-order valence-corrected chi connectivity index (χ3v) is 2.93. The summed E-state index contributed by atoms with van der Waals surface area (Å²) in [5, 5.41) is 3.24. The van der Waals surface area contributed by atoms with E-state index in [9.17, 15) is 0 Å². The first kappa shape index (κ1) is 16.2. The number of nitrogens with one attached hydrogen (secondary N) is 1. The van der Waals surface area contributed by atoms with Gasteiger partial charge in [-0.1, -0.05) is 50.7 Å². The summed E-state index contributed by atoms with van der Waals surface area (Å²) in [6, 6.07) is 0. The van der Waals surface area contributed by atoms with Crippen molar-refractivity contribution in [2.45, 2.75) is 39.5 Å². The number of hydrogen-bond acceptors (Lipinski definition) is 2. The Hall–Kier alpha value is 0.772. The topological polar surface area (TPSA) is 12.0 Å². The summed E-state index contributed by atoms with van der Waals surface area (Å²) in [7, 11) is 0. The maximum atomic E-state index is 5.13. The number of thioether (sulfide) groups is 1. The molecule has 0 aromatic heterocycles. The number of unbranched alkanes of at least 4 members (excludes halogenated alkanes) is 2. The van der Waals surface area contributed by atoms with Crippen molar-refractivity contribution in [2.24, 2.45) is 0 Å². The Bertz CT molecular complexity index is 108. The first-order valence-electron chi connectivity index (χ1n) is 4.71. The van der Waals surface area contributed by atoms with Gasteiger partial charge >= 0.3 is 0 Å². The Labute approximate surface area is 103 Å². The van der Waals surface area contributed by atoms with Gasteiger partial charge in [-0.15, -0.1) is 0 Å². The molecule has 0 saturated heterocycles. The van der Waals surface area contributed by atoms with Gasteiger partial charge in [-0.05, 0) is 12.8 Å². The van der Waals surface area contributed by atoms with E-state index in [4.69, 9.17) is 12.2 Å². The molecule has 0 aromatic carbocycles. The van der Waals surface area contributed by atoms with Gasteiger partial charge in [-0.2, -0.15) is 0 Å². The fourth-order valence-corrected chi connectivity index (χ4v) is 1.90. The Balaban J connectivity index is 0. The third kappa shape index (κ3) is 12.8. The van der Waals surface area contributed by atoms with Crippen molar-refractivity contribution in [1.29, 1.82) is 0 Å². The summed E-state index contributed by atoms with van der Waals surface area (Å²) in [6.45, 7) is 5.43. The van der Waals surface area contributed by atoms with Gasteiger partial charge in [0, 0.05) is 29.7 Å². The molecule has 0 rings (SSSR count). The molecule has 0 fully saturated rings. The monoisotopic (exact) mass is 257 g/mol. The summed E-state index contributed by atoms with van der Waals surface area (Å²) < 4.78 is 0.969. The van der Waals surface area contributed by atoms with Crippen LogP contribution in [0.25, 0.3) is 0 Å². The SMILES string of the molecule is CCCCNC(=S)SCCCC.[Cr]. The van der Waals surface area contributed by atoms with Gasteiger partial charge in [-0.3, -0.25) is 0 Å². The fourth-order valence-electron chi connectivity index (χ4n) is 0.727. The van der Waals surface area contributed by atoms with Crippen LogP contribution in [0.15, 0.2) is 0 Å². The van der Waals surface area contributed by atoms with Crippen LogP contribution in [-0.4, -0.2) is 16.6 Å². The molecule has 0 aliphatic heterocycles. The summed E-state index contributed by atoms with van der Waals surface area (Å²) in [6.07, 6.45) is 4.97. The molecule has 0 aliphatic rings. The Morgan fingerprint density at radius 1 is 1.23 bits per heavy atom. The molecular formula is C9H19CrNS2. The van der Waals surface area contributed by atoms with Crippen LogP contribution >= 0.6 is 24.0 Å². The van der Waals surface area contributed by atoms with Gasteiger partial charge in [0.2, 0.25) is 0 Å². The van der Waals surface area contributed by atoms with Crippen LogP contribution in [0, 0.1) is 0 Å². The van der Waals surface area contributed by atoms with E-state index in [2.05, 4.69) is 19.2 Å². The van der Waals surface area contributed by atoms with E-state index in [0.717, 1.165) is 16.6 Å². The van der Waals surface area contributed by atoms with Crippen LogP contribution in [0.5, 0.6) is 0 Å². The molecule has 0 bridgehead atoms. The predicted octanol–water partition coefficient (Wildman–Crippen LogP) is 3.19. The van der Waals surface area contributed by atoms with Gasteiger partial charge in [0.05, 0.1) is 0 Å². The first-order valence-corrected chi connectivity index (χ1v) is 6.11. The van der Waals surface area contributed by atoms with Gasteiger partial charge < -0.3 is 5.32 Å². The van der Waals surface area contributed by atoms with Gasteiger partial charge in [-0.25, -0.2) is 0 Å². The van der Waals surface area contributed by atoms with Crippen LogP contribution in [0.4, 0.5) is 0 Å². The Morgan fingerprint density at radius 3 is 2.38 bits per heavy atom. The third-order valence-electron chi connectivity index (χ3n) is 1.53. The van der Waals surface area contributed by atoms with Crippen LogP contribution < -0.4 is 5.32 Å². The number of thiocarbonyl (C=S) groups is 1. The minimum atomic E-state index is 0. The van der Waals surface area contributed by atoms with Gasteiger partial charge in [0.25, 0.3) is 0 Å². The van der Waals surface area contributed by atoms with E-state index in [1.165, 1.54) is 25.7 Å². The van der Waals surface area contributed by atoms with Crippen molar-refractivity contribution in [3.63, 3.8) is 0 Å². The van der Waals surface area contributed by atoms with E-state index in [0.29, 0.717) is 0 Å². The second-order valence-corrected chi connectivity index (χ2v) is 4.54. The second-order valence-electron chi connectivity index (χ2n) is 2.77. The molecule has 0 saturated carbocycles. The van der Waals surface area contributed by atoms with Crippen LogP contribution in [0.2, 0.25) is 0 Å². The van der Waals surface area contributed by atoms with Gasteiger partial charge in [0.1, 0.15) is 4.32 Å². The summed E-state index contributed by atoms with van der Waals surface area (Å²) in [5.41, 5.74) is 0. The fraction of sp³-hybridized carbons (Fsp3) is 0.889. The molecular weight excluding hydrogens is 238 g/mol. The van der Waals surface area contributed by atoms with Crippen molar-refractivity contribution >= 4 is 28.3 Å². The van der Waals surface area contributed by atoms with E-state index < -0.39 is 0 Å². The van der Waals surface area contributed by atoms with E-state index in [-0.39, 0.29) is 17.4 Å². The average molecular weight is 257 g/mol. The van der Waals surface area contributed by atoms with Crippen molar-refractivity contribution in [3.8, 4) is 0 Å². The van der Waals surface area contributed by atoms with E-state index in [1.807, 2.05) is 0 Å². The van der Waals surface area contributed by atoms with Gasteiger partial charge in [0.15, 0.2) is 0 Å². The molecule has 13 heavy (non-hydrogen) atoms. The minimum absolute atomic E-state index is 0. The number of rotatable bonds is 6. The zero-order valence-electron chi connectivity index (χ0n) is 8.47. The van der Waals surface area contributed by atoms with Crippen LogP contribution in [0.1, 0.15) is 39.5 Å². The standard InChI is InChI=1S/C9H19NS2.Cr/c1-3-5-7-10-9(11)12-8-6-4-2;/h3-8H2,1-2H3,(H,10,11);. The predicted molar refractivity (Wildman–Crippen MR) is 62.9 cm³/mol. The Kier molecular flexibility index (Phi) is 15.9. The van der Waals surface area contributed by atoms with Crippen molar-refractivity contribution < 1.29 is 17.4 Å². The molecule has 1 nitrogen and oxygen atoms in total.